The lowest BCUT2D eigenvalue weighted by Crippen LogP contribution is -2.08. The van der Waals surface area contributed by atoms with Crippen LogP contribution in [0, 0.1) is 0 Å². The second-order valence-electron chi connectivity index (χ2n) is 4.22. The molecule has 0 unspecified atom stereocenters. The maximum atomic E-state index is 5.22. The van der Waals surface area contributed by atoms with Crippen molar-refractivity contribution in [2.45, 2.75) is 12.8 Å². The number of ether oxygens (including phenoxy) is 1. The zero-order valence-electron chi connectivity index (χ0n) is 10.9. The van der Waals surface area contributed by atoms with Crippen molar-refractivity contribution in [1.82, 2.24) is 15.5 Å². The number of rotatable bonds is 6. The molecular weight excluding hydrogens is 226 g/mol. The third-order valence-electron chi connectivity index (χ3n) is 2.87. The Morgan fingerprint density at radius 1 is 1.33 bits per heavy atom. The van der Waals surface area contributed by atoms with Crippen LogP contribution in [0.1, 0.15) is 12.1 Å². The number of nitrogens with zero attached hydrogens (tertiary/aromatic N) is 1. The molecule has 2 rings (SSSR count). The third-order valence-corrected chi connectivity index (χ3v) is 2.87. The van der Waals surface area contributed by atoms with E-state index in [4.69, 9.17) is 4.74 Å². The van der Waals surface area contributed by atoms with Crippen molar-refractivity contribution >= 4 is 0 Å². The van der Waals surface area contributed by atoms with Gasteiger partial charge in [-0.25, -0.2) is 0 Å². The van der Waals surface area contributed by atoms with Crippen molar-refractivity contribution < 1.29 is 4.74 Å². The van der Waals surface area contributed by atoms with Gasteiger partial charge in [0.2, 0.25) is 0 Å². The first-order valence-electron chi connectivity index (χ1n) is 6.17. The van der Waals surface area contributed by atoms with Gasteiger partial charge in [0.05, 0.1) is 12.8 Å². The first-order valence-corrected chi connectivity index (χ1v) is 6.17. The first kappa shape index (κ1) is 12.6. The van der Waals surface area contributed by atoms with Gasteiger partial charge in [-0.1, -0.05) is 12.1 Å². The summed E-state index contributed by atoms with van der Waals surface area (Å²) < 4.78 is 5.22. The number of benzene rings is 1. The summed E-state index contributed by atoms with van der Waals surface area (Å²) in [7, 11) is 3.64. The summed E-state index contributed by atoms with van der Waals surface area (Å²) >= 11 is 0. The summed E-state index contributed by atoms with van der Waals surface area (Å²) in [4.78, 5) is 0. The maximum Gasteiger partial charge on any atom is 0.119 e. The second-order valence-corrected chi connectivity index (χ2v) is 4.22. The van der Waals surface area contributed by atoms with Crippen LogP contribution >= 0.6 is 0 Å². The molecule has 0 fully saturated rings. The van der Waals surface area contributed by atoms with E-state index < -0.39 is 0 Å². The average molecular weight is 245 g/mol. The fourth-order valence-corrected chi connectivity index (χ4v) is 1.88. The minimum Gasteiger partial charge on any atom is -0.497 e. The zero-order chi connectivity index (χ0) is 12.8. The molecule has 0 aliphatic rings. The van der Waals surface area contributed by atoms with E-state index in [-0.39, 0.29) is 0 Å². The molecule has 0 atom stereocenters. The molecule has 0 bridgehead atoms. The smallest absolute Gasteiger partial charge is 0.119 e. The van der Waals surface area contributed by atoms with Gasteiger partial charge >= 0.3 is 0 Å². The van der Waals surface area contributed by atoms with Crippen LogP contribution in [0.3, 0.4) is 0 Å². The highest BCUT2D eigenvalue weighted by Crippen LogP contribution is 2.22. The molecule has 0 spiro atoms. The normalized spacial score (nSPS) is 10.6. The number of nitrogens with one attached hydrogen (secondary N) is 2. The largest absolute Gasteiger partial charge is 0.497 e. The Hall–Kier alpha value is -1.81. The molecule has 96 valence electrons. The SMILES string of the molecule is CNCCCc1cc(-c2cccc(OC)c2)n[nH]1. The predicted molar refractivity (Wildman–Crippen MR) is 72.8 cm³/mol. The Balaban J connectivity index is 2.08. The molecule has 2 aromatic rings. The van der Waals surface area contributed by atoms with Gasteiger partial charge in [-0.2, -0.15) is 5.10 Å². The van der Waals surface area contributed by atoms with Gasteiger partial charge in [0.1, 0.15) is 5.75 Å². The predicted octanol–water partition coefficient (Wildman–Crippen LogP) is 2.24. The number of hydrogen-bond donors (Lipinski definition) is 2. The number of aromatic amines is 1. The summed E-state index contributed by atoms with van der Waals surface area (Å²) in [6.45, 7) is 1.02. The van der Waals surface area contributed by atoms with Gasteiger partial charge in [0.25, 0.3) is 0 Å². The molecule has 0 radical (unpaired) electrons. The molecular formula is C14H19N3O. The van der Waals surface area contributed by atoms with E-state index in [1.54, 1.807) is 7.11 Å². The number of methoxy groups -OCH3 is 1. The van der Waals surface area contributed by atoms with E-state index in [1.165, 1.54) is 5.69 Å². The monoisotopic (exact) mass is 245 g/mol. The topological polar surface area (TPSA) is 49.9 Å². The molecule has 2 N–H and O–H groups in total. The Labute approximate surface area is 107 Å². The molecule has 1 aromatic carbocycles. The molecule has 4 heteroatoms. The van der Waals surface area contributed by atoms with Crippen molar-refractivity contribution in [2.24, 2.45) is 0 Å². The highest BCUT2D eigenvalue weighted by molar-refractivity contribution is 5.61. The van der Waals surface area contributed by atoms with Gasteiger partial charge < -0.3 is 10.1 Å². The Morgan fingerprint density at radius 3 is 3.00 bits per heavy atom. The van der Waals surface area contributed by atoms with Crippen LogP contribution < -0.4 is 10.1 Å². The summed E-state index contributed by atoms with van der Waals surface area (Å²) in [6.07, 6.45) is 2.12. The maximum absolute atomic E-state index is 5.22. The molecule has 0 amide bonds. The number of hydrogen-bond acceptors (Lipinski definition) is 3. The summed E-state index contributed by atoms with van der Waals surface area (Å²) in [5.41, 5.74) is 3.21. The highest BCUT2D eigenvalue weighted by Gasteiger charge is 2.04. The molecule has 18 heavy (non-hydrogen) atoms. The Bertz CT molecular complexity index is 493. The van der Waals surface area contributed by atoms with Crippen molar-refractivity contribution in [2.75, 3.05) is 20.7 Å². The van der Waals surface area contributed by atoms with Crippen LogP contribution in [0.25, 0.3) is 11.3 Å². The van der Waals surface area contributed by atoms with Crippen LogP contribution in [-0.2, 0) is 6.42 Å². The van der Waals surface area contributed by atoms with Crippen molar-refractivity contribution in [3.63, 3.8) is 0 Å². The zero-order valence-corrected chi connectivity index (χ0v) is 10.9. The van der Waals surface area contributed by atoms with E-state index in [0.29, 0.717) is 0 Å². The second kappa shape index (κ2) is 6.21. The molecule has 0 saturated carbocycles. The number of H-pyrrole nitrogens is 1. The molecule has 0 aliphatic carbocycles. The summed E-state index contributed by atoms with van der Waals surface area (Å²) in [5.74, 6) is 0.854. The van der Waals surface area contributed by atoms with Crippen molar-refractivity contribution in [3.8, 4) is 17.0 Å². The Morgan fingerprint density at radius 2 is 2.22 bits per heavy atom. The third kappa shape index (κ3) is 3.11. The van der Waals surface area contributed by atoms with Crippen LogP contribution in [-0.4, -0.2) is 30.9 Å². The quantitative estimate of drug-likeness (QED) is 0.767. The van der Waals surface area contributed by atoms with Gasteiger partial charge in [0, 0.05) is 11.3 Å². The van der Waals surface area contributed by atoms with Crippen LogP contribution in [0.2, 0.25) is 0 Å². The van der Waals surface area contributed by atoms with Crippen molar-refractivity contribution in [1.29, 1.82) is 0 Å². The molecule has 1 aromatic heterocycles. The fraction of sp³-hybridized carbons (Fsp3) is 0.357. The molecule has 0 aliphatic heterocycles. The Kier molecular flexibility index (Phi) is 4.36. The van der Waals surface area contributed by atoms with Gasteiger partial charge in [-0.3, -0.25) is 5.10 Å². The summed E-state index contributed by atoms with van der Waals surface area (Å²) in [6, 6.07) is 10.0. The van der Waals surface area contributed by atoms with Crippen LogP contribution in [0.15, 0.2) is 30.3 Å². The van der Waals surface area contributed by atoms with E-state index in [1.807, 2.05) is 31.3 Å². The van der Waals surface area contributed by atoms with Crippen LogP contribution in [0.4, 0.5) is 0 Å². The van der Waals surface area contributed by atoms with Gasteiger partial charge in [-0.05, 0) is 44.6 Å². The van der Waals surface area contributed by atoms with Crippen LogP contribution in [0.5, 0.6) is 5.75 Å². The van der Waals surface area contributed by atoms with Gasteiger partial charge in [-0.15, -0.1) is 0 Å². The lowest BCUT2D eigenvalue weighted by atomic mass is 10.1. The lowest BCUT2D eigenvalue weighted by molar-refractivity contribution is 0.415. The summed E-state index contributed by atoms with van der Waals surface area (Å²) in [5, 5.41) is 10.6. The first-order chi connectivity index (χ1) is 8.83. The molecule has 4 nitrogen and oxygen atoms in total. The van der Waals surface area contributed by atoms with E-state index in [2.05, 4.69) is 21.6 Å². The minimum atomic E-state index is 0.854. The van der Waals surface area contributed by atoms with E-state index in [0.717, 1.165) is 36.4 Å². The molecule has 1 heterocycles. The minimum absolute atomic E-state index is 0.854. The fourth-order valence-electron chi connectivity index (χ4n) is 1.88. The van der Waals surface area contributed by atoms with Crippen molar-refractivity contribution in [3.05, 3.63) is 36.0 Å². The van der Waals surface area contributed by atoms with Gasteiger partial charge in [0.15, 0.2) is 0 Å². The average Bonchev–Trinajstić information content (AvgIpc) is 2.88. The number of aryl methyl sites for hydroxylation is 1. The van der Waals surface area contributed by atoms with E-state index in [9.17, 15) is 0 Å². The number of aromatic nitrogens is 2. The lowest BCUT2D eigenvalue weighted by Gasteiger charge is -2.01. The van der Waals surface area contributed by atoms with E-state index >= 15 is 0 Å². The molecule has 0 saturated heterocycles. The highest BCUT2D eigenvalue weighted by atomic mass is 16.5. The standard InChI is InChI=1S/C14H19N3O/c1-15-8-4-6-12-10-14(17-16-12)11-5-3-7-13(9-11)18-2/h3,5,7,9-10,15H,4,6,8H2,1-2H3,(H,16,17).